The van der Waals surface area contributed by atoms with E-state index >= 15 is 0 Å². The molecule has 2 aromatic carbocycles. The van der Waals surface area contributed by atoms with Crippen LogP contribution in [0.1, 0.15) is 11.1 Å². The Labute approximate surface area is 115 Å². The van der Waals surface area contributed by atoms with Gasteiger partial charge in [0.05, 0.1) is 0 Å². The van der Waals surface area contributed by atoms with E-state index in [0.717, 1.165) is 11.1 Å². The summed E-state index contributed by atoms with van der Waals surface area (Å²) in [6, 6.07) is 11.9. The maximum Gasteiger partial charge on any atom is 0.573 e. The number of benzene rings is 2. The summed E-state index contributed by atoms with van der Waals surface area (Å²) in [6.45, 7) is 2.04. The van der Waals surface area contributed by atoms with Gasteiger partial charge >= 0.3 is 6.36 Å². The van der Waals surface area contributed by atoms with Crippen LogP contribution in [0.4, 0.5) is 13.2 Å². The number of hydrogen-bond donors (Lipinski definition) is 1. The van der Waals surface area contributed by atoms with Crippen LogP contribution in [0.2, 0.25) is 0 Å². The van der Waals surface area contributed by atoms with Crippen LogP contribution in [0.15, 0.2) is 42.5 Å². The third-order valence-electron chi connectivity index (χ3n) is 2.89. The average Bonchev–Trinajstić information content (AvgIpc) is 2.36. The lowest BCUT2D eigenvalue weighted by molar-refractivity contribution is -0.274. The molecular weight excluding hydrogens is 267 g/mol. The normalized spacial score (nSPS) is 11.4. The summed E-state index contributed by atoms with van der Waals surface area (Å²) >= 11 is 0. The number of ether oxygens (including phenoxy) is 1. The molecule has 0 heterocycles. The van der Waals surface area contributed by atoms with Gasteiger partial charge in [-0.3, -0.25) is 0 Å². The quantitative estimate of drug-likeness (QED) is 0.922. The smallest absolute Gasteiger partial charge is 0.406 e. The standard InChI is InChI=1S/C15H14F3NO/c1-10-4-2-3-5-14(10)12-6-11(9-19)7-13(8-12)20-15(16,17)18/h2-8H,9,19H2,1H3. The number of nitrogens with two attached hydrogens (primary N) is 1. The summed E-state index contributed by atoms with van der Waals surface area (Å²) in [5, 5.41) is 0. The summed E-state index contributed by atoms with van der Waals surface area (Å²) < 4.78 is 41.0. The second kappa shape index (κ2) is 5.54. The van der Waals surface area contributed by atoms with E-state index in [1.54, 1.807) is 6.07 Å². The zero-order chi connectivity index (χ0) is 14.8. The predicted molar refractivity (Wildman–Crippen MR) is 71.2 cm³/mol. The summed E-state index contributed by atoms with van der Waals surface area (Å²) in [4.78, 5) is 0. The van der Waals surface area contributed by atoms with Gasteiger partial charge in [-0.2, -0.15) is 0 Å². The fourth-order valence-electron chi connectivity index (χ4n) is 2.02. The first kappa shape index (κ1) is 14.4. The van der Waals surface area contributed by atoms with Crippen LogP contribution in [0.3, 0.4) is 0 Å². The molecule has 2 nitrogen and oxygen atoms in total. The summed E-state index contributed by atoms with van der Waals surface area (Å²) in [5.41, 5.74) is 8.60. The van der Waals surface area contributed by atoms with Gasteiger partial charge in [-0.1, -0.05) is 24.3 Å². The lowest BCUT2D eigenvalue weighted by atomic mass is 9.98. The van der Waals surface area contributed by atoms with Crippen molar-refractivity contribution in [2.24, 2.45) is 5.73 Å². The molecule has 106 valence electrons. The number of hydrogen-bond acceptors (Lipinski definition) is 2. The summed E-state index contributed by atoms with van der Waals surface area (Å²) in [6.07, 6.45) is -4.71. The highest BCUT2D eigenvalue weighted by atomic mass is 19.4. The van der Waals surface area contributed by atoms with Gasteiger partial charge in [0.2, 0.25) is 0 Å². The Kier molecular flexibility index (Phi) is 3.99. The van der Waals surface area contributed by atoms with Crippen molar-refractivity contribution in [1.29, 1.82) is 0 Å². The Morgan fingerprint density at radius 2 is 1.80 bits per heavy atom. The fraction of sp³-hybridized carbons (Fsp3) is 0.200. The number of rotatable bonds is 3. The molecule has 0 fully saturated rings. The first-order valence-electron chi connectivity index (χ1n) is 6.05. The maximum absolute atomic E-state index is 12.3. The molecule has 0 unspecified atom stereocenters. The van der Waals surface area contributed by atoms with Crippen LogP contribution in [-0.4, -0.2) is 6.36 Å². The molecule has 0 amide bonds. The number of aryl methyl sites for hydroxylation is 1. The van der Waals surface area contributed by atoms with E-state index in [2.05, 4.69) is 4.74 Å². The van der Waals surface area contributed by atoms with E-state index in [4.69, 9.17) is 5.73 Å². The van der Waals surface area contributed by atoms with Gasteiger partial charge in [-0.05, 0) is 47.4 Å². The van der Waals surface area contributed by atoms with Gasteiger partial charge in [-0.15, -0.1) is 13.2 Å². The average molecular weight is 281 g/mol. The largest absolute Gasteiger partial charge is 0.573 e. The van der Waals surface area contributed by atoms with Crippen LogP contribution in [-0.2, 0) is 6.54 Å². The SMILES string of the molecule is Cc1ccccc1-c1cc(CN)cc(OC(F)(F)F)c1. The third-order valence-corrected chi connectivity index (χ3v) is 2.89. The number of halogens is 3. The molecule has 0 saturated heterocycles. The molecule has 2 N–H and O–H groups in total. The van der Waals surface area contributed by atoms with Crippen LogP contribution in [0.25, 0.3) is 11.1 Å². The van der Waals surface area contributed by atoms with E-state index in [-0.39, 0.29) is 12.3 Å². The van der Waals surface area contributed by atoms with E-state index in [1.807, 2.05) is 31.2 Å². The van der Waals surface area contributed by atoms with Crippen molar-refractivity contribution < 1.29 is 17.9 Å². The molecular formula is C15H14F3NO. The fourth-order valence-corrected chi connectivity index (χ4v) is 2.02. The predicted octanol–water partition coefficient (Wildman–Crippen LogP) is 4.02. The Morgan fingerprint density at radius 1 is 1.10 bits per heavy atom. The van der Waals surface area contributed by atoms with Crippen LogP contribution >= 0.6 is 0 Å². The Bertz CT molecular complexity index is 608. The highest BCUT2D eigenvalue weighted by molar-refractivity contribution is 5.69. The van der Waals surface area contributed by atoms with Crippen LogP contribution in [0.5, 0.6) is 5.75 Å². The molecule has 0 atom stereocenters. The minimum Gasteiger partial charge on any atom is -0.406 e. The van der Waals surface area contributed by atoms with Crippen molar-refractivity contribution in [2.75, 3.05) is 0 Å². The molecule has 0 bridgehead atoms. The monoisotopic (exact) mass is 281 g/mol. The molecule has 2 aromatic rings. The van der Waals surface area contributed by atoms with Crippen LogP contribution < -0.4 is 10.5 Å². The van der Waals surface area contributed by atoms with E-state index < -0.39 is 6.36 Å². The topological polar surface area (TPSA) is 35.2 Å². The van der Waals surface area contributed by atoms with Crippen molar-refractivity contribution >= 4 is 0 Å². The van der Waals surface area contributed by atoms with Gasteiger partial charge in [0.1, 0.15) is 5.75 Å². The number of alkyl halides is 3. The van der Waals surface area contributed by atoms with Gasteiger partial charge in [0, 0.05) is 6.54 Å². The second-order valence-corrected chi connectivity index (χ2v) is 4.43. The van der Waals surface area contributed by atoms with Crippen molar-refractivity contribution in [1.82, 2.24) is 0 Å². The van der Waals surface area contributed by atoms with Crippen molar-refractivity contribution in [3.8, 4) is 16.9 Å². The molecule has 20 heavy (non-hydrogen) atoms. The highest BCUT2D eigenvalue weighted by Gasteiger charge is 2.31. The zero-order valence-electron chi connectivity index (χ0n) is 10.9. The summed E-state index contributed by atoms with van der Waals surface area (Å²) in [7, 11) is 0. The Hall–Kier alpha value is -2.01. The highest BCUT2D eigenvalue weighted by Crippen LogP contribution is 2.31. The van der Waals surface area contributed by atoms with Gasteiger partial charge in [-0.25, -0.2) is 0 Å². The molecule has 0 aliphatic carbocycles. The van der Waals surface area contributed by atoms with Crippen molar-refractivity contribution in [3.63, 3.8) is 0 Å². The molecule has 2 rings (SSSR count). The molecule has 0 spiro atoms. The molecule has 0 aliphatic rings. The minimum absolute atomic E-state index is 0.147. The van der Waals surface area contributed by atoms with Crippen molar-refractivity contribution in [2.45, 2.75) is 19.8 Å². The minimum atomic E-state index is -4.71. The maximum atomic E-state index is 12.3. The van der Waals surface area contributed by atoms with Gasteiger partial charge in [0.15, 0.2) is 0 Å². The van der Waals surface area contributed by atoms with E-state index in [0.29, 0.717) is 11.1 Å². The zero-order valence-corrected chi connectivity index (χ0v) is 10.9. The Morgan fingerprint density at radius 3 is 2.40 bits per heavy atom. The molecule has 0 aromatic heterocycles. The molecule has 5 heteroatoms. The molecule has 0 aliphatic heterocycles. The Balaban J connectivity index is 2.48. The van der Waals surface area contributed by atoms with Crippen molar-refractivity contribution in [3.05, 3.63) is 53.6 Å². The lowest BCUT2D eigenvalue weighted by Crippen LogP contribution is -2.17. The van der Waals surface area contributed by atoms with E-state index in [1.165, 1.54) is 12.1 Å². The molecule has 0 saturated carbocycles. The lowest BCUT2D eigenvalue weighted by Gasteiger charge is -2.13. The third kappa shape index (κ3) is 3.51. The summed E-state index contributed by atoms with van der Waals surface area (Å²) in [5.74, 6) is -0.251. The van der Waals surface area contributed by atoms with Gasteiger partial charge in [0.25, 0.3) is 0 Å². The molecule has 0 radical (unpaired) electrons. The second-order valence-electron chi connectivity index (χ2n) is 4.43. The van der Waals surface area contributed by atoms with Gasteiger partial charge < -0.3 is 10.5 Å². The first-order chi connectivity index (χ1) is 9.39. The van der Waals surface area contributed by atoms with E-state index in [9.17, 15) is 13.2 Å². The first-order valence-corrected chi connectivity index (χ1v) is 6.05. The van der Waals surface area contributed by atoms with Crippen LogP contribution in [0, 0.1) is 6.92 Å².